The zero-order chi connectivity index (χ0) is 14.4. The van der Waals surface area contributed by atoms with Crippen LogP contribution in [0, 0.1) is 0 Å². The van der Waals surface area contributed by atoms with Crippen LogP contribution in [0.3, 0.4) is 0 Å². The highest BCUT2D eigenvalue weighted by molar-refractivity contribution is 7.15. The van der Waals surface area contributed by atoms with Crippen molar-refractivity contribution < 1.29 is 4.79 Å². The number of hydrogen-bond acceptors (Lipinski definition) is 5. The third-order valence-electron chi connectivity index (χ3n) is 3.58. The summed E-state index contributed by atoms with van der Waals surface area (Å²) in [5.74, 6) is 0.617. The van der Waals surface area contributed by atoms with Gasteiger partial charge in [-0.2, -0.15) is 0 Å². The number of hydrogen-bond donors (Lipinski definition) is 0. The number of amides is 1. The molecule has 0 saturated carbocycles. The highest BCUT2D eigenvalue weighted by Gasteiger charge is 2.29. The highest BCUT2D eigenvalue weighted by Crippen LogP contribution is 2.44. The number of fused-ring (bicyclic) bond motifs is 3. The van der Waals surface area contributed by atoms with Gasteiger partial charge in [-0.05, 0) is 16.0 Å². The van der Waals surface area contributed by atoms with Crippen LogP contribution < -0.4 is 4.90 Å². The molecule has 0 fully saturated rings. The molecule has 2 aromatic heterocycles. The monoisotopic (exact) mass is 297 g/mol. The standard InChI is InChI=1S/C14H11N5OS/c1-18-11(20)7-19-13(15-16-17-19)12-10(8-21-14(12)18)9-5-3-2-4-6-9/h2-6,8H,7H2,1H3. The zero-order valence-electron chi connectivity index (χ0n) is 11.2. The summed E-state index contributed by atoms with van der Waals surface area (Å²) in [7, 11) is 1.78. The topological polar surface area (TPSA) is 63.9 Å². The normalized spacial score (nSPS) is 13.8. The molecule has 1 aliphatic rings. The molecule has 0 unspecified atom stereocenters. The average Bonchev–Trinajstić information content (AvgIpc) is 3.11. The number of rotatable bonds is 1. The molecule has 0 saturated heterocycles. The van der Waals surface area contributed by atoms with Gasteiger partial charge in [0.2, 0.25) is 5.91 Å². The maximum atomic E-state index is 12.2. The molecule has 21 heavy (non-hydrogen) atoms. The highest BCUT2D eigenvalue weighted by atomic mass is 32.1. The van der Waals surface area contributed by atoms with Crippen LogP contribution in [0.15, 0.2) is 35.7 Å². The van der Waals surface area contributed by atoms with Crippen LogP contribution >= 0.6 is 11.3 Å². The van der Waals surface area contributed by atoms with Gasteiger partial charge in [0.05, 0.1) is 5.56 Å². The van der Waals surface area contributed by atoms with Gasteiger partial charge in [0.15, 0.2) is 5.82 Å². The van der Waals surface area contributed by atoms with Crippen molar-refractivity contribution in [1.29, 1.82) is 0 Å². The van der Waals surface area contributed by atoms with E-state index in [9.17, 15) is 4.79 Å². The summed E-state index contributed by atoms with van der Waals surface area (Å²) in [5, 5.41) is 14.7. The third-order valence-corrected chi connectivity index (χ3v) is 4.63. The summed E-state index contributed by atoms with van der Waals surface area (Å²) >= 11 is 1.54. The maximum Gasteiger partial charge on any atom is 0.249 e. The van der Waals surface area contributed by atoms with E-state index in [-0.39, 0.29) is 12.5 Å². The third kappa shape index (κ3) is 1.78. The smallest absolute Gasteiger partial charge is 0.249 e. The summed E-state index contributed by atoms with van der Waals surface area (Å²) in [6.07, 6.45) is 0. The fourth-order valence-electron chi connectivity index (χ4n) is 2.48. The molecule has 0 atom stereocenters. The Hall–Kier alpha value is -2.54. The van der Waals surface area contributed by atoms with Crippen LogP contribution in [0.2, 0.25) is 0 Å². The van der Waals surface area contributed by atoms with E-state index in [1.54, 1.807) is 16.6 Å². The molecule has 3 aromatic rings. The first-order valence-corrected chi connectivity index (χ1v) is 7.33. The van der Waals surface area contributed by atoms with Crippen molar-refractivity contribution >= 4 is 22.2 Å². The summed E-state index contributed by atoms with van der Waals surface area (Å²) in [6.45, 7) is 0.161. The quantitative estimate of drug-likeness (QED) is 0.689. The molecular weight excluding hydrogens is 286 g/mol. The first kappa shape index (κ1) is 12.2. The average molecular weight is 297 g/mol. The Bertz CT molecular complexity index is 823. The lowest BCUT2D eigenvalue weighted by atomic mass is 10.0. The molecule has 1 amide bonds. The lowest BCUT2D eigenvalue weighted by Crippen LogP contribution is -2.28. The number of likely N-dealkylation sites (N-methyl/N-ethyl adjacent to an activating group) is 1. The van der Waals surface area contributed by atoms with E-state index in [4.69, 9.17) is 0 Å². The van der Waals surface area contributed by atoms with Crippen molar-refractivity contribution in [2.45, 2.75) is 6.54 Å². The molecule has 3 heterocycles. The minimum Gasteiger partial charge on any atom is -0.305 e. The van der Waals surface area contributed by atoms with E-state index in [1.165, 1.54) is 11.3 Å². The molecule has 0 aliphatic carbocycles. The van der Waals surface area contributed by atoms with Gasteiger partial charge in [-0.25, -0.2) is 4.68 Å². The largest absolute Gasteiger partial charge is 0.305 e. The van der Waals surface area contributed by atoms with E-state index in [0.717, 1.165) is 21.7 Å². The number of aromatic nitrogens is 4. The van der Waals surface area contributed by atoms with Gasteiger partial charge in [-0.1, -0.05) is 30.3 Å². The number of carbonyl (C=O) groups excluding carboxylic acids is 1. The molecule has 0 N–H and O–H groups in total. The molecule has 1 aliphatic heterocycles. The molecular formula is C14H11N5OS. The molecule has 0 bridgehead atoms. The Morgan fingerprint density at radius 3 is 2.86 bits per heavy atom. The second kappa shape index (κ2) is 4.49. The number of benzene rings is 1. The van der Waals surface area contributed by atoms with Crippen molar-refractivity contribution in [3.05, 3.63) is 35.7 Å². The predicted octanol–water partition coefficient (Wildman–Crippen LogP) is 2.04. The SMILES string of the molecule is CN1C(=O)Cn2nnnc2-c2c(-c3ccccc3)csc21. The van der Waals surface area contributed by atoms with E-state index >= 15 is 0 Å². The van der Waals surface area contributed by atoms with E-state index in [1.807, 2.05) is 35.7 Å². The van der Waals surface area contributed by atoms with Crippen LogP contribution in [0.4, 0.5) is 5.00 Å². The predicted molar refractivity (Wildman–Crippen MR) is 80.0 cm³/mol. The van der Waals surface area contributed by atoms with Crippen molar-refractivity contribution in [2.24, 2.45) is 0 Å². The Kier molecular flexibility index (Phi) is 2.61. The molecule has 104 valence electrons. The lowest BCUT2D eigenvalue weighted by molar-refractivity contribution is -0.118. The number of tetrazole rings is 1. The van der Waals surface area contributed by atoms with Crippen LogP contribution in [0.1, 0.15) is 0 Å². The Morgan fingerprint density at radius 1 is 1.24 bits per heavy atom. The number of nitrogens with zero attached hydrogens (tertiary/aromatic N) is 5. The van der Waals surface area contributed by atoms with Gasteiger partial charge in [-0.3, -0.25) is 4.79 Å². The first-order valence-electron chi connectivity index (χ1n) is 6.45. The molecule has 0 spiro atoms. The fraction of sp³-hybridized carbons (Fsp3) is 0.143. The lowest BCUT2D eigenvalue weighted by Gasteiger charge is -2.13. The Balaban J connectivity index is 2.02. The van der Waals surface area contributed by atoms with E-state index < -0.39 is 0 Å². The van der Waals surface area contributed by atoms with Gasteiger partial charge in [0.1, 0.15) is 11.5 Å². The number of thiophene rings is 1. The minimum atomic E-state index is -0.0243. The summed E-state index contributed by atoms with van der Waals surface area (Å²) < 4.78 is 1.56. The number of carbonyl (C=O) groups is 1. The Morgan fingerprint density at radius 2 is 2.05 bits per heavy atom. The van der Waals surface area contributed by atoms with Gasteiger partial charge in [-0.15, -0.1) is 16.4 Å². The van der Waals surface area contributed by atoms with Crippen molar-refractivity contribution in [1.82, 2.24) is 20.2 Å². The van der Waals surface area contributed by atoms with Gasteiger partial charge in [0.25, 0.3) is 0 Å². The minimum absolute atomic E-state index is 0.0243. The maximum absolute atomic E-state index is 12.2. The van der Waals surface area contributed by atoms with E-state index in [2.05, 4.69) is 15.5 Å². The zero-order valence-corrected chi connectivity index (χ0v) is 12.0. The molecule has 1 aromatic carbocycles. The molecule has 4 rings (SSSR count). The molecule has 0 radical (unpaired) electrons. The summed E-state index contributed by atoms with van der Waals surface area (Å²) in [5.41, 5.74) is 3.06. The van der Waals surface area contributed by atoms with Crippen molar-refractivity contribution in [2.75, 3.05) is 11.9 Å². The van der Waals surface area contributed by atoms with Gasteiger partial charge in [0, 0.05) is 18.0 Å². The van der Waals surface area contributed by atoms with Crippen LogP contribution in [0.5, 0.6) is 0 Å². The molecule has 6 nitrogen and oxygen atoms in total. The molecule has 7 heteroatoms. The Labute approximate surface area is 124 Å². The van der Waals surface area contributed by atoms with Crippen molar-refractivity contribution in [3.63, 3.8) is 0 Å². The van der Waals surface area contributed by atoms with Gasteiger partial charge < -0.3 is 4.90 Å². The number of anilines is 1. The van der Waals surface area contributed by atoms with Crippen LogP contribution in [-0.2, 0) is 11.3 Å². The van der Waals surface area contributed by atoms with E-state index in [0.29, 0.717) is 5.82 Å². The van der Waals surface area contributed by atoms with Gasteiger partial charge >= 0.3 is 0 Å². The second-order valence-electron chi connectivity index (χ2n) is 4.81. The van der Waals surface area contributed by atoms with Crippen LogP contribution in [-0.4, -0.2) is 33.2 Å². The van der Waals surface area contributed by atoms with Crippen molar-refractivity contribution in [3.8, 4) is 22.5 Å². The van der Waals surface area contributed by atoms with Crippen LogP contribution in [0.25, 0.3) is 22.5 Å². The first-order chi connectivity index (χ1) is 10.3. The second-order valence-corrected chi connectivity index (χ2v) is 5.67. The fourth-order valence-corrected chi connectivity index (χ4v) is 3.54. The summed E-state index contributed by atoms with van der Waals surface area (Å²) in [6, 6.07) is 10.1. The summed E-state index contributed by atoms with van der Waals surface area (Å²) in [4.78, 5) is 13.9.